The molecule has 0 amide bonds. The highest BCUT2D eigenvalue weighted by Gasteiger charge is 2.19. The molecule has 0 atom stereocenters. The van der Waals surface area contributed by atoms with E-state index in [9.17, 15) is 0 Å². The van der Waals surface area contributed by atoms with Gasteiger partial charge in [-0.2, -0.15) is 0 Å². The highest BCUT2D eigenvalue weighted by Crippen LogP contribution is 2.42. The van der Waals surface area contributed by atoms with Gasteiger partial charge in [-0.25, -0.2) is 0 Å². The lowest BCUT2D eigenvalue weighted by Crippen LogP contribution is -1.96. The van der Waals surface area contributed by atoms with E-state index in [1.165, 1.54) is 77.0 Å². The molecule has 10 rings (SSSR count). The van der Waals surface area contributed by atoms with E-state index in [1.54, 1.807) is 0 Å². The number of nitrogens with zero attached hydrogens (tertiary/aromatic N) is 2. The molecule has 2 aromatic heterocycles. The average Bonchev–Trinajstić information content (AvgIpc) is 3.71. The summed E-state index contributed by atoms with van der Waals surface area (Å²) < 4.78 is 4.85. The lowest BCUT2D eigenvalue weighted by molar-refractivity contribution is 1.17. The van der Waals surface area contributed by atoms with Crippen molar-refractivity contribution in [1.29, 1.82) is 0 Å². The zero-order valence-electron chi connectivity index (χ0n) is 27.4. The Bertz CT molecular complexity index is 2860. The molecule has 0 saturated carbocycles. The minimum Gasteiger partial charge on any atom is -0.309 e. The molecule has 2 heteroatoms. The van der Waals surface area contributed by atoms with Crippen molar-refractivity contribution < 1.29 is 0 Å². The standard InChI is InChI=1S/C48H32N2/c1-3-15-33(16-4-1)35-19-13-20-36(31-35)49-44-26-11-9-23-40(44)43-32-37(29-30-46(43)49)50-45-27-12-10-24-42(45)48-41(25-14-28-47(48)50)39-22-8-7-21-38(39)34-17-5-2-6-18-34/h1-32H. The Labute approximate surface area is 290 Å². The number of fused-ring (bicyclic) bond motifs is 6. The molecule has 234 valence electrons. The third-order valence-corrected chi connectivity index (χ3v) is 10.1. The van der Waals surface area contributed by atoms with Gasteiger partial charge in [0, 0.05) is 32.9 Å². The molecule has 0 aliphatic heterocycles. The fraction of sp³-hybridized carbons (Fsp3) is 0. The first-order valence-corrected chi connectivity index (χ1v) is 17.2. The number of benzene rings is 8. The van der Waals surface area contributed by atoms with E-state index in [2.05, 4.69) is 203 Å². The maximum atomic E-state index is 2.45. The molecule has 8 aromatic carbocycles. The summed E-state index contributed by atoms with van der Waals surface area (Å²) in [5, 5.41) is 5.00. The van der Waals surface area contributed by atoms with Gasteiger partial charge in [0.2, 0.25) is 0 Å². The molecule has 0 saturated heterocycles. The van der Waals surface area contributed by atoms with Crippen LogP contribution in [0.5, 0.6) is 0 Å². The molecule has 0 aliphatic carbocycles. The molecular weight excluding hydrogens is 605 g/mol. The molecular formula is C48H32N2. The van der Waals surface area contributed by atoms with Gasteiger partial charge in [-0.3, -0.25) is 0 Å². The summed E-state index contributed by atoms with van der Waals surface area (Å²) in [6, 6.07) is 70.3. The Morgan fingerprint density at radius 1 is 0.260 bits per heavy atom. The summed E-state index contributed by atoms with van der Waals surface area (Å²) in [4.78, 5) is 0. The fourth-order valence-electron chi connectivity index (χ4n) is 7.94. The van der Waals surface area contributed by atoms with Gasteiger partial charge in [-0.1, -0.05) is 146 Å². The number of hydrogen-bond donors (Lipinski definition) is 0. The Balaban J connectivity index is 1.20. The average molecular weight is 637 g/mol. The van der Waals surface area contributed by atoms with Crippen molar-refractivity contribution in [2.24, 2.45) is 0 Å². The smallest absolute Gasteiger partial charge is 0.0547 e. The molecule has 0 radical (unpaired) electrons. The molecule has 0 fully saturated rings. The van der Waals surface area contributed by atoms with Gasteiger partial charge in [0.25, 0.3) is 0 Å². The van der Waals surface area contributed by atoms with Gasteiger partial charge in [0.05, 0.1) is 22.1 Å². The molecule has 10 aromatic rings. The van der Waals surface area contributed by atoms with Crippen LogP contribution in [0.4, 0.5) is 0 Å². The summed E-state index contributed by atoms with van der Waals surface area (Å²) in [5.41, 5.74) is 14.5. The van der Waals surface area contributed by atoms with Crippen LogP contribution in [-0.2, 0) is 0 Å². The Hall–Kier alpha value is -6.64. The molecule has 0 N–H and O–H groups in total. The Morgan fingerprint density at radius 3 is 1.58 bits per heavy atom. The zero-order valence-corrected chi connectivity index (χ0v) is 27.4. The first kappa shape index (κ1) is 28.4. The second-order valence-electron chi connectivity index (χ2n) is 12.9. The van der Waals surface area contributed by atoms with Gasteiger partial charge in [0.15, 0.2) is 0 Å². The van der Waals surface area contributed by atoms with E-state index in [4.69, 9.17) is 0 Å². The summed E-state index contributed by atoms with van der Waals surface area (Å²) in [7, 11) is 0. The minimum absolute atomic E-state index is 1.15. The summed E-state index contributed by atoms with van der Waals surface area (Å²) in [5.74, 6) is 0. The SMILES string of the molecule is c1ccc(-c2cccc(-n3c4ccccc4c4cc(-n5c6ccccc6c6c(-c7ccccc7-c7ccccc7)cccc65)ccc43)c2)cc1. The van der Waals surface area contributed by atoms with E-state index in [0.717, 1.165) is 11.4 Å². The molecule has 2 heterocycles. The van der Waals surface area contributed by atoms with Gasteiger partial charge in [-0.15, -0.1) is 0 Å². The normalized spacial score (nSPS) is 11.6. The highest BCUT2D eigenvalue weighted by atomic mass is 15.0. The fourth-order valence-corrected chi connectivity index (χ4v) is 7.94. The minimum atomic E-state index is 1.15. The first-order valence-electron chi connectivity index (χ1n) is 17.2. The van der Waals surface area contributed by atoms with Gasteiger partial charge in [-0.05, 0) is 81.9 Å². The summed E-state index contributed by atoms with van der Waals surface area (Å²) in [6.45, 7) is 0. The highest BCUT2D eigenvalue weighted by molar-refractivity contribution is 6.17. The summed E-state index contributed by atoms with van der Waals surface area (Å²) >= 11 is 0. The predicted molar refractivity (Wildman–Crippen MR) is 211 cm³/mol. The van der Waals surface area contributed by atoms with Gasteiger partial charge < -0.3 is 9.13 Å². The Kier molecular flexibility index (Phi) is 6.53. The van der Waals surface area contributed by atoms with Crippen LogP contribution >= 0.6 is 0 Å². The second kappa shape index (κ2) is 11.5. The van der Waals surface area contributed by atoms with Crippen molar-refractivity contribution >= 4 is 43.6 Å². The van der Waals surface area contributed by atoms with Crippen LogP contribution in [0.25, 0.3) is 88.4 Å². The lowest BCUT2D eigenvalue weighted by atomic mass is 9.92. The molecule has 0 bridgehead atoms. The molecule has 0 unspecified atom stereocenters. The van der Waals surface area contributed by atoms with Gasteiger partial charge >= 0.3 is 0 Å². The third kappa shape index (κ3) is 4.43. The molecule has 0 spiro atoms. The van der Waals surface area contributed by atoms with Crippen molar-refractivity contribution in [3.8, 4) is 44.8 Å². The van der Waals surface area contributed by atoms with Crippen molar-refractivity contribution in [2.45, 2.75) is 0 Å². The topological polar surface area (TPSA) is 9.86 Å². The maximum Gasteiger partial charge on any atom is 0.0547 e. The zero-order chi connectivity index (χ0) is 33.0. The number of rotatable bonds is 5. The third-order valence-electron chi connectivity index (χ3n) is 10.1. The monoisotopic (exact) mass is 636 g/mol. The predicted octanol–water partition coefficient (Wildman–Crippen LogP) is 12.9. The van der Waals surface area contributed by atoms with Crippen LogP contribution in [0, 0.1) is 0 Å². The van der Waals surface area contributed by atoms with Crippen LogP contribution in [0.2, 0.25) is 0 Å². The number of aromatic nitrogens is 2. The largest absolute Gasteiger partial charge is 0.309 e. The van der Waals surface area contributed by atoms with Crippen LogP contribution in [0.1, 0.15) is 0 Å². The van der Waals surface area contributed by atoms with Crippen LogP contribution in [0.15, 0.2) is 194 Å². The second-order valence-corrected chi connectivity index (χ2v) is 12.9. The Morgan fingerprint density at radius 2 is 0.780 bits per heavy atom. The van der Waals surface area contributed by atoms with Crippen molar-refractivity contribution in [1.82, 2.24) is 9.13 Å². The molecule has 50 heavy (non-hydrogen) atoms. The molecule has 2 nitrogen and oxygen atoms in total. The van der Waals surface area contributed by atoms with Crippen molar-refractivity contribution in [3.63, 3.8) is 0 Å². The molecule has 0 aliphatic rings. The van der Waals surface area contributed by atoms with E-state index in [1.807, 2.05) is 0 Å². The van der Waals surface area contributed by atoms with Gasteiger partial charge in [0.1, 0.15) is 0 Å². The number of para-hydroxylation sites is 2. The van der Waals surface area contributed by atoms with Crippen molar-refractivity contribution in [2.75, 3.05) is 0 Å². The van der Waals surface area contributed by atoms with Crippen LogP contribution in [0.3, 0.4) is 0 Å². The first-order chi connectivity index (χ1) is 24.8. The van der Waals surface area contributed by atoms with E-state index < -0.39 is 0 Å². The maximum absolute atomic E-state index is 2.45. The van der Waals surface area contributed by atoms with Crippen LogP contribution in [-0.4, -0.2) is 9.13 Å². The summed E-state index contributed by atoms with van der Waals surface area (Å²) in [6.07, 6.45) is 0. The van der Waals surface area contributed by atoms with Crippen LogP contribution < -0.4 is 0 Å². The number of hydrogen-bond acceptors (Lipinski definition) is 0. The quantitative estimate of drug-likeness (QED) is 0.178. The lowest BCUT2D eigenvalue weighted by Gasteiger charge is -2.13. The van der Waals surface area contributed by atoms with E-state index in [0.29, 0.717) is 0 Å². The van der Waals surface area contributed by atoms with Crippen molar-refractivity contribution in [3.05, 3.63) is 194 Å². The van der Waals surface area contributed by atoms with E-state index in [-0.39, 0.29) is 0 Å². The van der Waals surface area contributed by atoms with E-state index >= 15 is 0 Å².